The molecule has 0 fully saturated rings. The van der Waals surface area contributed by atoms with Crippen LogP contribution in [0, 0.1) is 11.8 Å². The van der Waals surface area contributed by atoms with E-state index in [1.165, 1.54) is 12.5 Å². The van der Waals surface area contributed by atoms with E-state index in [0.717, 1.165) is 5.56 Å². The van der Waals surface area contributed by atoms with Crippen molar-refractivity contribution in [2.45, 2.75) is 77.5 Å². The average molecular weight is 529 g/mol. The van der Waals surface area contributed by atoms with E-state index in [9.17, 15) is 24.3 Å². The van der Waals surface area contributed by atoms with Gasteiger partial charge in [-0.15, -0.1) is 0 Å². The quantitative estimate of drug-likeness (QED) is 0.201. The SMILES string of the molecule is CCC(C)C(NC(=O)C(Cc1cnc[nH]1)NC(=O)C(CC(C)C)NC(=O)C(N)Cc1ccccc1)C(=O)O. The first kappa shape index (κ1) is 30.5. The number of carboxylic acids is 1. The van der Waals surface area contributed by atoms with Crippen molar-refractivity contribution in [2.75, 3.05) is 0 Å². The Labute approximate surface area is 223 Å². The van der Waals surface area contributed by atoms with Crippen LogP contribution in [-0.2, 0) is 32.0 Å². The van der Waals surface area contributed by atoms with E-state index < -0.39 is 47.9 Å². The van der Waals surface area contributed by atoms with Gasteiger partial charge in [-0.25, -0.2) is 9.78 Å². The largest absolute Gasteiger partial charge is 0.480 e. The first-order chi connectivity index (χ1) is 18.0. The molecule has 0 saturated heterocycles. The van der Waals surface area contributed by atoms with Crippen LogP contribution in [0.1, 0.15) is 51.8 Å². The number of hydrogen-bond donors (Lipinski definition) is 6. The third-order valence-electron chi connectivity index (χ3n) is 6.36. The third-order valence-corrected chi connectivity index (χ3v) is 6.36. The Hall–Kier alpha value is -3.73. The highest BCUT2D eigenvalue weighted by Crippen LogP contribution is 2.11. The normalized spacial score (nSPS) is 15.1. The summed E-state index contributed by atoms with van der Waals surface area (Å²) in [6.45, 7) is 7.39. The molecule has 0 aliphatic rings. The molecule has 5 unspecified atom stereocenters. The molecule has 1 aromatic carbocycles. The number of hydrogen-bond acceptors (Lipinski definition) is 6. The summed E-state index contributed by atoms with van der Waals surface area (Å²) in [7, 11) is 0. The molecule has 0 radical (unpaired) electrons. The minimum absolute atomic E-state index is 0.0538. The van der Waals surface area contributed by atoms with Crippen molar-refractivity contribution in [3.8, 4) is 0 Å². The second kappa shape index (κ2) is 14.9. The first-order valence-corrected chi connectivity index (χ1v) is 12.9. The van der Waals surface area contributed by atoms with Gasteiger partial charge in [0.15, 0.2) is 0 Å². The maximum Gasteiger partial charge on any atom is 0.326 e. The Morgan fingerprint density at radius 3 is 2.13 bits per heavy atom. The molecule has 38 heavy (non-hydrogen) atoms. The summed E-state index contributed by atoms with van der Waals surface area (Å²) < 4.78 is 0. The van der Waals surface area contributed by atoms with Crippen molar-refractivity contribution in [1.29, 1.82) is 0 Å². The van der Waals surface area contributed by atoms with Crippen LogP contribution < -0.4 is 21.7 Å². The number of nitrogens with zero attached hydrogens (tertiary/aromatic N) is 1. The number of benzene rings is 1. The van der Waals surface area contributed by atoms with E-state index in [2.05, 4.69) is 25.9 Å². The van der Waals surface area contributed by atoms with Gasteiger partial charge >= 0.3 is 5.97 Å². The van der Waals surface area contributed by atoms with Gasteiger partial charge in [0.1, 0.15) is 18.1 Å². The zero-order chi connectivity index (χ0) is 28.2. The summed E-state index contributed by atoms with van der Waals surface area (Å²) in [6, 6.07) is 5.31. The standard InChI is InChI=1S/C27H40N6O5/c1-5-17(4)23(27(37)38)33-26(36)22(13-19-14-29-15-30-19)32-25(35)21(11-16(2)3)31-24(34)20(28)12-18-9-7-6-8-10-18/h6-10,14-17,20-23H,5,11-13,28H2,1-4H3,(H,29,30)(H,31,34)(H,32,35)(H,33,36)(H,37,38). The Kier molecular flexibility index (Phi) is 11.9. The number of carbonyl (C=O) groups is 4. The van der Waals surface area contributed by atoms with E-state index in [1.54, 1.807) is 6.92 Å². The van der Waals surface area contributed by atoms with Crippen molar-refractivity contribution < 1.29 is 24.3 Å². The van der Waals surface area contributed by atoms with E-state index in [-0.39, 0.29) is 18.3 Å². The average Bonchev–Trinajstić information content (AvgIpc) is 3.39. The van der Waals surface area contributed by atoms with Gasteiger partial charge in [0, 0.05) is 18.3 Å². The summed E-state index contributed by atoms with van der Waals surface area (Å²) in [5.41, 5.74) is 7.59. The van der Waals surface area contributed by atoms with Gasteiger partial charge in [-0.1, -0.05) is 64.4 Å². The van der Waals surface area contributed by atoms with Crippen LogP contribution in [0.15, 0.2) is 42.9 Å². The van der Waals surface area contributed by atoms with Crippen LogP contribution in [0.5, 0.6) is 0 Å². The highest BCUT2D eigenvalue weighted by molar-refractivity contribution is 5.94. The molecule has 0 saturated carbocycles. The fourth-order valence-electron chi connectivity index (χ4n) is 3.98. The first-order valence-electron chi connectivity index (χ1n) is 12.9. The predicted molar refractivity (Wildman–Crippen MR) is 143 cm³/mol. The van der Waals surface area contributed by atoms with Gasteiger partial charge in [0.2, 0.25) is 17.7 Å². The summed E-state index contributed by atoms with van der Waals surface area (Å²) in [5, 5.41) is 17.6. The third kappa shape index (κ3) is 9.62. The maximum absolute atomic E-state index is 13.4. The van der Waals surface area contributed by atoms with Gasteiger partial charge in [0.25, 0.3) is 0 Å². The van der Waals surface area contributed by atoms with Gasteiger partial charge in [0.05, 0.1) is 12.4 Å². The lowest BCUT2D eigenvalue weighted by Gasteiger charge is -2.27. The zero-order valence-electron chi connectivity index (χ0n) is 22.4. The Morgan fingerprint density at radius 1 is 0.947 bits per heavy atom. The molecule has 11 nitrogen and oxygen atoms in total. The van der Waals surface area contributed by atoms with E-state index >= 15 is 0 Å². The maximum atomic E-state index is 13.4. The number of nitrogens with two attached hydrogens (primary N) is 1. The molecule has 7 N–H and O–H groups in total. The van der Waals surface area contributed by atoms with Crippen LogP contribution in [0.3, 0.4) is 0 Å². The molecule has 3 amide bonds. The van der Waals surface area contributed by atoms with Gasteiger partial charge < -0.3 is 31.8 Å². The van der Waals surface area contributed by atoms with E-state index in [1.807, 2.05) is 51.1 Å². The van der Waals surface area contributed by atoms with Crippen molar-refractivity contribution in [1.82, 2.24) is 25.9 Å². The summed E-state index contributed by atoms with van der Waals surface area (Å²) in [5.74, 6) is -3.11. The minimum atomic E-state index is -1.16. The van der Waals surface area contributed by atoms with Crippen molar-refractivity contribution in [3.05, 3.63) is 54.1 Å². The lowest BCUT2D eigenvalue weighted by Crippen LogP contribution is -2.58. The summed E-state index contributed by atoms with van der Waals surface area (Å²) in [6.07, 6.45) is 4.19. The number of H-pyrrole nitrogens is 1. The molecule has 5 atom stereocenters. The predicted octanol–water partition coefficient (Wildman–Crippen LogP) is 1.15. The number of carboxylic acid groups (broad SMARTS) is 1. The van der Waals surface area contributed by atoms with Crippen LogP contribution in [0.25, 0.3) is 0 Å². The lowest BCUT2D eigenvalue weighted by atomic mass is 9.98. The Bertz CT molecular complexity index is 1040. The molecule has 0 spiro atoms. The number of rotatable bonds is 15. The molecular formula is C27H40N6O5. The fraction of sp³-hybridized carbons (Fsp3) is 0.519. The number of nitrogens with one attached hydrogen (secondary N) is 4. The molecule has 2 rings (SSSR count). The van der Waals surface area contributed by atoms with Crippen LogP contribution in [0.4, 0.5) is 0 Å². The molecule has 0 aliphatic carbocycles. The number of aromatic amines is 1. The highest BCUT2D eigenvalue weighted by atomic mass is 16.4. The molecule has 11 heteroatoms. The zero-order valence-corrected chi connectivity index (χ0v) is 22.4. The molecule has 0 bridgehead atoms. The lowest BCUT2D eigenvalue weighted by molar-refractivity contribution is -0.143. The topological polar surface area (TPSA) is 179 Å². The number of carbonyl (C=O) groups excluding carboxylic acids is 3. The van der Waals surface area contributed by atoms with Gasteiger partial charge in [-0.05, 0) is 30.2 Å². The van der Waals surface area contributed by atoms with Crippen molar-refractivity contribution in [3.63, 3.8) is 0 Å². The van der Waals surface area contributed by atoms with Crippen molar-refractivity contribution >= 4 is 23.7 Å². The summed E-state index contributed by atoms with van der Waals surface area (Å²) in [4.78, 5) is 58.0. The Balaban J connectivity index is 2.18. The van der Waals surface area contributed by atoms with E-state index in [0.29, 0.717) is 25.0 Å². The van der Waals surface area contributed by atoms with Gasteiger partial charge in [-0.3, -0.25) is 14.4 Å². The highest BCUT2D eigenvalue weighted by Gasteiger charge is 2.32. The number of aromatic nitrogens is 2. The van der Waals surface area contributed by atoms with Crippen LogP contribution in [0.2, 0.25) is 0 Å². The summed E-state index contributed by atoms with van der Waals surface area (Å²) >= 11 is 0. The molecule has 0 aliphatic heterocycles. The van der Waals surface area contributed by atoms with Crippen molar-refractivity contribution in [2.24, 2.45) is 17.6 Å². The number of imidazole rings is 1. The number of amides is 3. The minimum Gasteiger partial charge on any atom is -0.480 e. The van der Waals surface area contributed by atoms with Gasteiger partial charge in [-0.2, -0.15) is 0 Å². The molecule has 2 aromatic rings. The second-order valence-electron chi connectivity index (χ2n) is 10.0. The second-order valence-corrected chi connectivity index (χ2v) is 10.0. The van der Waals surface area contributed by atoms with Crippen LogP contribution in [-0.4, -0.2) is 62.9 Å². The molecular weight excluding hydrogens is 488 g/mol. The molecule has 1 aromatic heterocycles. The Morgan fingerprint density at radius 2 is 1.58 bits per heavy atom. The molecule has 208 valence electrons. The fourth-order valence-corrected chi connectivity index (χ4v) is 3.98. The van der Waals surface area contributed by atoms with Crippen LogP contribution >= 0.6 is 0 Å². The smallest absolute Gasteiger partial charge is 0.326 e. The number of aliphatic carboxylic acids is 1. The van der Waals surface area contributed by atoms with E-state index in [4.69, 9.17) is 5.73 Å². The monoisotopic (exact) mass is 528 g/mol. The molecule has 1 heterocycles.